The highest BCUT2D eigenvalue weighted by Crippen LogP contribution is 2.16. The number of hydrogen-bond donors (Lipinski definition) is 3. The molecule has 0 aliphatic carbocycles. The second kappa shape index (κ2) is 50.7. The van der Waals surface area contributed by atoms with Crippen LogP contribution in [-0.2, 0) is 14.3 Å². The highest BCUT2D eigenvalue weighted by Gasteiger charge is 2.18. The van der Waals surface area contributed by atoms with Crippen molar-refractivity contribution in [2.24, 2.45) is 0 Å². The quantitative estimate of drug-likeness (QED) is 0.0322. The minimum absolute atomic E-state index is 0.00400. The second-order valence-corrected chi connectivity index (χ2v) is 18.2. The zero-order valence-electron chi connectivity index (χ0n) is 40.6. The number of aliphatic hydroxyl groups excluding tert-OH is 2. The predicted molar refractivity (Wildman–Crippen MR) is 264 cm³/mol. The number of unbranched alkanes of at least 4 members (excludes halogenated alkanes) is 34. The van der Waals surface area contributed by atoms with Crippen LogP contribution in [0.25, 0.3) is 0 Å². The molecule has 2 atom stereocenters. The van der Waals surface area contributed by atoms with Gasteiger partial charge < -0.3 is 20.3 Å². The van der Waals surface area contributed by atoms with Crippen molar-refractivity contribution in [2.75, 3.05) is 13.2 Å². The molecular weight excluding hydrogens is 755 g/mol. The van der Waals surface area contributed by atoms with E-state index in [2.05, 4.69) is 43.5 Å². The van der Waals surface area contributed by atoms with E-state index >= 15 is 0 Å². The van der Waals surface area contributed by atoms with Crippen molar-refractivity contribution in [1.82, 2.24) is 5.32 Å². The highest BCUT2D eigenvalue weighted by atomic mass is 16.5. The number of allylic oxidation sites excluding steroid dienone is 5. The smallest absolute Gasteiger partial charge is 0.305 e. The molecular formula is C55H103NO5. The lowest BCUT2D eigenvalue weighted by Gasteiger charge is -2.20. The van der Waals surface area contributed by atoms with Crippen LogP contribution >= 0.6 is 0 Å². The first-order valence-corrected chi connectivity index (χ1v) is 26.8. The molecule has 0 bridgehead atoms. The van der Waals surface area contributed by atoms with Gasteiger partial charge in [-0.1, -0.05) is 243 Å². The lowest BCUT2D eigenvalue weighted by molar-refractivity contribution is -0.143. The van der Waals surface area contributed by atoms with Gasteiger partial charge in [-0.3, -0.25) is 9.59 Å². The van der Waals surface area contributed by atoms with Gasteiger partial charge in [-0.25, -0.2) is 0 Å². The molecule has 0 fully saturated rings. The Kier molecular flexibility index (Phi) is 49.1. The molecule has 0 saturated heterocycles. The number of amides is 1. The number of esters is 1. The predicted octanol–water partition coefficient (Wildman–Crippen LogP) is 16.1. The van der Waals surface area contributed by atoms with Crippen LogP contribution in [0, 0.1) is 0 Å². The molecule has 0 aliphatic heterocycles. The summed E-state index contributed by atoms with van der Waals surface area (Å²) in [6, 6.07) is -0.626. The first-order valence-electron chi connectivity index (χ1n) is 26.8. The van der Waals surface area contributed by atoms with E-state index in [1.807, 2.05) is 6.08 Å². The lowest BCUT2D eigenvalue weighted by Crippen LogP contribution is -2.45. The average Bonchev–Trinajstić information content (AvgIpc) is 3.26. The van der Waals surface area contributed by atoms with Crippen molar-refractivity contribution in [2.45, 2.75) is 289 Å². The molecule has 358 valence electrons. The van der Waals surface area contributed by atoms with Crippen LogP contribution in [-0.4, -0.2) is 47.4 Å². The molecule has 0 aliphatic rings. The Morgan fingerprint density at radius 2 is 0.836 bits per heavy atom. The van der Waals surface area contributed by atoms with Crippen molar-refractivity contribution in [3.63, 3.8) is 0 Å². The lowest BCUT2D eigenvalue weighted by atomic mass is 10.0. The van der Waals surface area contributed by atoms with Crippen LogP contribution in [0.5, 0.6) is 0 Å². The summed E-state index contributed by atoms with van der Waals surface area (Å²) < 4.78 is 5.46. The number of hydrogen-bond acceptors (Lipinski definition) is 5. The minimum atomic E-state index is -0.843. The van der Waals surface area contributed by atoms with Gasteiger partial charge >= 0.3 is 5.97 Å². The van der Waals surface area contributed by atoms with E-state index in [1.165, 1.54) is 199 Å². The number of nitrogens with one attached hydrogen (secondary N) is 1. The fourth-order valence-electron chi connectivity index (χ4n) is 8.00. The van der Waals surface area contributed by atoms with Gasteiger partial charge in [0.15, 0.2) is 0 Å². The monoisotopic (exact) mass is 858 g/mol. The van der Waals surface area contributed by atoms with Crippen molar-refractivity contribution < 1.29 is 24.5 Å². The zero-order chi connectivity index (χ0) is 44.4. The molecule has 0 rings (SSSR count). The Morgan fingerprint density at radius 3 is 1.30 bits per heavy atom. The molecule has 0 spiro atoms. The fourth-order valence-corrected chi connectivity index (χ4v) is 8.00. The maximum Gasteiger partial charge on any atom is 0.305 e. The topological polar surface area (TPSA) is 95.9 Å². The van der Waals surface area contributed by atoms with Crippen LogP contribution in [0.4, 0.5) is 0 Å². The highest BCUT2D eigenvalue weighted by molar-refractivity contribution is 5.76. The van der Waals surface area contributed by atoms with Gasteiger partial charge in [-0.15, -0.1) is 0 Å². The molecule has 0 aromatic rings. The van der Waals surface area contributed by atoms with E-state index in [0.717, 1.165) is 51.4 Å². The van der Waals surface area contributed by atoms with Crippen molar-refractivity contribution in [3.8, 4) is 0 Å². The molecule has 3 N–H and O–H groups in total. The largest absolute Gasteiger partial charge is 0.466 e. The molecule has 0 heterocycles. The minimum Gasteiger partial charge on any atom is -0.466 e. The normalized spacial score (nSPS) is 12.9. The summed E-state index contributed by atoms with van der Waals surface area (Å²) in [5.74, 6) is -0.0764. The molecule has 6 nitrogen and oxygen atoms in total. The van der Waals surface area contributed by atoms with Gasteiger partial charge in [0.1, 0.15) is 0 Å². The molecule has 0 aromatic heterocycles. The van der Waals surface area contributed by atoms with Gasteiger partial charge in [-0.2, -0.15) is 0 Å². The van der Waals surface area contributed by atoms with Gasteiger partial charge in [0.25, 0.3) is 0 Å². The molecule has 61 heavy (non-hydrogen) atoms. The average molecular weight is 858 g/mol. The number of carbonyl (C=O) groups excluding carboxylic acids is 2. The first kappa shape index (κ1) is 59.1. The third-order valence-electron chi connectivity index (χ3n) is 12.2. The second-order valence-electron chi connectivity index (χ2n) is 18.2. The Hall–Kier alpha value is -1.92. The van der Waals surface area contributed by atoms with Crippen LogP contribution in [0.2, 0.25) is 0 Å². The Morgan fingerprint density at radius 1 is 0.459 bits per heavy atom. The third-order valence-corrected chi connectivity index (χ3v) is 12.2. The zero-order valence-corrected chi connectivity index (χ0v) is 40.6. The standard InChI is InChI=1S/C55H103NO5/c1-3-5-7-9-11-13-14-15-26-29-33-37-41-45-49-55(60)61-50-46-42-38-34-30-27-24-22-20-18-16-17-19-21-23-25-28-32-36-40-44-48-54(59)56-52(51-57)53(58)47-43-39-35-31-12-10-8-6-4-2/h9,11,14-15,43,47,52-53,57-58H,3-8,10,12-13,16-42,44-46,48-51H2,1-2H3,(H,56,59)/b11-9-,15-14-,47-43+. The number of rotatable bonds is 49. The number of aliphatic hydroxyl groups is 2. The van der Waals surface area contributed by atoms with Crippen LogP contribution in [0.1, 0.15) is 277 Å². The van der Waals surface area contributed by atoms with E-state index in [-0.39, 0.29) is 18.5 Å². The summed E-state index contributed by atoms with van der Waals surface area (Å²) in [5, 5.41) is 22.9. The van der Waals surface area contributed by atoms with Crippen LogP contribution in [0.15, 0.2) is 36.5 Å². The van der Waals surface area contributed by atoms with Gasteiger partial charge in [0.2, 0.25) is 5.91 Å². The molecule has 1 amide bonds. The van der Waals surface area contributed by atoms with E-state index in [4.69, 9.17) is 4.74 Å². The summed E-state index contributed by atoms with van der Waals surface area (Å²) >= 11 is 0. The van der Waals surface area contributed by atoms with Crippen LogP contribution < -0.4 is 5.32 Å². The summed E-state index contributed by atoms with van der Waals surface area (Å²) in [7, 11) is 0. The van der Waals surface area contributed by atoms with E-state index in [1.54, 1.807) is 6.08 Å². The van der Waals surface area contributed by atoms with Crippen molar-refractivity contribution in [1.29, 1.82) is 0 Å². The Bertz CT molecular complexity index is 993. The number of ether oxygens (including phenoxy) is 1. The van der Waals surface area contributed by atoms with Gasteiger partial charge in [-0.05, 0) is 57.8 Å². The summed E-state index contributed by atoms with van der Waals surface area (Å²) in [4.78, 5) is 24.4. The molecule has 0 aromatic carbocycles. The van der Waals surface area contributed by atoms with Crippen LogP contribution in [0.3, 0.4) is 0 Å². The first-order chi connectivity index (χ1) is 30.0. The molecule has 0 saturated carbocycles. The number of carbonyl (C=O) groups is 2. The summed E-state index contributed by atoms with van der Waals surface area (Å²) in [6.45, 7) is 4.82. The maximum atomic E-state index is 12.4. The Balaban J connectivity index is 3.38. The third kappa shape index (κ3) is 47.4. The van der Waals surface area contributed by atoms with Crippen molar-refractivity contribution >= 4 is 11.9 Å². The SMILES string of the molecule is CCCC/C=C\C/C=C\CCCCCCCC(=O)OCCCCCCCCCCCCCCCCCCCCCCCC(=O)NC(CO)C(O)/C=C/CCCCCCCCC. The van der Waals surface area contributed by atoms with E-state index in [9.17, 15) is 19.8 Å². The van der Waals surface area contributed by atoms with Gasteiger partial charge in [0, 0.05) is 12.8 Å². The molecule has 6 heteroatoms. The van der Waals surface area contributed by atoms with E-state index in [0.29, 0.717) is 19.4 Å². The van der Waals surface area contributed by atoms with Crippen molar-refractivity contribution in [3.05, 3.63) is 36.5 Å². The molecule has 2 unspecified atom stereocenters. The summed E-state index contributed by atoms with van der Waals surface area (Å²) in [6.07, 6.45) is 61.6. The Labute approximate surface area is 379 Å². The fraction of sp³-hybridized carbons (Fsp3) is 0.855. The molecule has 0 radical (unpaired) electrons. The van der Waals surface area contributed by atoms with E-state index < -0.39 is 12.1 Å². The maximum absolute atomic E-state index is 12.4. The van der Waals surface area contributed by atoms with Gasteiger partial charge in [0.05, 0.1) is 25.4 Å². The summed E-state index contributed by atoms with van der Waals surface area (Å²) in [5.41, 5.74) is 0.